The van der Waals surface area contributed by atoms with Crippen molar-refractivity contribution in [2.45, 2.75) is 6.18 Å². The molecule has 0 N–H and O–H groups in total. The van der Waals surface area contributed by atoms with Crippen LogP contribution in [0, 0.1) is 5.82 Å². The Labute approximate surface area is 98.3 Å². The van der Waals surface area contributed by atoms with Gasteiger partial charge in [-0.1, -0.05) is 0 Å². The Morgan fingerprint density at radius 2 is 1.89 bits per heavy atom. The molecule has 2 rings (SSSR count). The van der Waals surface area contributed by atoms with Crippen LogP contribution in [-0.2, 0) is 6.18 Å². The fourth-order valence-corrected chi connectivity index (χ4v) is 1.37. The van der Waals surface area contributed by atoms with Crippen LogP contribution in [0.4, 0.5) is 17.6 Å². The lowest BCUT2D eigenvalue weighted by molar-refractivity contribution is -0.141. The molecule has 0 spiro atoms. The van der Waals surface area contributed by atoms with Gasteiger partial charge < -0.3 is 0 Å². The van der Waals surface area contributed by atoms with Crippen LogP contribution in [0.5, 0.6) is 0 Å². The fraction of sp³-hybridized carbons (Fsp3) is 0.0909. The molecular weight excluding hydrogens is 252 g/mol. The van der Waals surface area contributed by atoms with Crippen molar-refractivity contribution < 1.29 is 17.6 Å². The van der Waals surface area contributed by atoms with E-state index in [1.807, 2.05) is 0 Å². The molecule has 0 amide bonds. The van der Waals surface area contributed by atoms with Crippen molar-refractivity contribution in [3.63, 3.8) is 0 Å². The molecule has 0 fully saturated rings. The molecule has 0 aromatic carbocycles. The third-order valence-electron chi connectivity index (χ3n) is 2.22. The molecule has 2 heterocycles. The fourth-order valence-electron chi connectivity index (χ4n) is 1.37. The highest BCUT2D eigenvalue weighted by molar-refractivity contribution is 5.30. The van der Waals surface area contributed by atoms with Gasteiger partial charge in [-0.15, -0.1) is 0 Å². The number of hydrogen-bond acceptors (Lipinski definition) is 2. The zero-order chi connectivity index (χ0) is 13.3. The van der Waals surface area contributed by atoms with E-state index in [1.54, 1.807) is 0 Å². The molecule has 94 valence electrons. The molecule has 0 aliphatic heterocycles. The van der Waals surface area contributed by atoms with E-state index in [2.05, 4.69) is 4.98 Å². The van der Waals surface area contributed by atoms with E-state index < -0.39 is 23.2 Å². The second-order valence-electron chi connectivity index (χ2n) is 3.43. The van der Waals surface area contributed by atoms with Gasteiger partial charge >= 0.3 is 6.18 Å². The second kappa shape index (κ2) is 4.25. The molecular formula is C11H6F4N2O. The van der Waals surface area contributed by atoms with Gasteiger partial charge in [-0.25, -0.2) is 9.37 Å². The minimum Gasteiger partial charge on any atom is -0.280 e. The summed E-state index contributed by atoms with van der Waals surface area (Å²) >= 11 is 0. The number of hydrogen-bond donors (Lipinski definition) is 0. The van der Waals surface area contributed by atoms with Gasteiger partial charge in [0.15, 0.2) is 5.82 Å². The molecule has 2 aromatic rings. The zero-order valence-electron chi connectivity index (χ0n) is 8.78. The Morgan fingerprint density at radius 1 is 1.17 bits per heavy atom. The van der Waals surface area contributed by atoms with Gasteiger partial charge in [0.25, 0.3) is 5.56 Å². The Morgan fingerprint density at radius 3 is 2.44 bits per heavy atom. The number of nitrogens with zero attached hydrogens (tertiary/aromatic N) is 2. The molecule has 0 saturated carbocycles. The topological polar surface area (TPSA) is 34.9 Å². The summed E-state index contributed by atoms with van der Waals surface area (Å²) in [6.45, 7) is 0. The molecule has 0 aliphatic rings. The molecule has 18 heavy (non-hydrogen) atoms. The zero-order valence-corrected chi connectivity index (χ0v) is 8.78. The third-order valence-corrected chi connectivity index (χ3v) is 2.22. The smallest absolute Gasteiger partial charge is 0.280 e. The van der Waals surface area contributed by atoms with Gasteiger partial charge in [-0.3, -0.25) is 9.36 Å². The van der Waals surface area contributed by atoms with Crippen LogP contribution in [0.3, 0.4) is 0 Å². The van der Waals surface area contributed by atoms with Crippen molar-refractivity contribution in [3.05, 3.63) is 58.5 Å². The first kappa shape index (κ1) is 12.3. The molecule has 0 saturated heterocycles. The standard InChI is InChI=1S/C11H6F4N2O/c12-8-2-1-5-17(10(8)18)7-3-4-9(16-6-7)11(13,14)15/h1-6H. The largest absolute Gasteiger partial charge is 0.433 e. The quantitative estimate of drug-likeness (QED) is 0.736. The first-order valence-electron chi connectivity index (χ1n) is 4.80. The molecule has 3 nitrogen and oxygen atoms in total. The minimum atomic E-state index is -4.55. The van der Waals surface area contributed by atoms with E-state index in [0.717, 1.165) is 29.0 Å². The maximum absolute atomic E-state index is 13.0. The Bertz CT molecular complexity index is 616. The van der Waals surface area contributed by atoms with Gasteiger partial charge in [0.05, 0.1) is 11.9 Å². The predicted molar refractivity (Wildman–Crippen MR) is 54.8 cm³/mol. The molecule has 7 heteroatoms. The Kier molecular flexibility index (Phi) is 2.90. The van der Waals surface area contributed by atoms with Crippen molar-refractivity contribution in [2.24, 2.45) is 0 Å². The number of alkyl halides is 3. The van der Waals surface area contributed by atoms with Crippen LogP contribution in [-0.4, -0.2) is 9.55 Å². The lowest BCUT2D eigenvalue weighted by atomic mass is 10.3. The summed E-state index contributed by atoms with van der Waals surface area (Å²) in [5, 5.41) is 0. The van der Waals surface area contributed by atoms with Crippen LogP contribution in [0.1, 0.15) is 5.69 Å². The lowest BCUT2D eigenvalue weighted by Gasteiger charge is -2.08. The minimum absolute atomic E-state index is 0.0625. The molecule has 0 bridgehead atoms. The number of halogens is 4. The van der Waals surface area contributed by atoms with Gasteiger partial charge in [-0.05, 0) is 24.3 Å². The van der Waals surface area contributed by atoms with E-state index in [1.165, 1.54) is 12.3 Å². The lowest BCUT2D eigenvalue weighted by Crippen LogP contribution is -2.20. The predicted octanol–water partition coefficient (Wildman–Crippen LogP) is 2.39. The van der Waals surface area contributed by atoms with Crippen LogP contribution in [0.2, 0.25) is 0 Å². The Hall–Kier alpha value is -2.18. The van der Waals surface area contributed by atoms with Gasteiger partial charge in [0, 0.05) is 6.20 Å². The van der Waals surface area contributed by atoms with E-state index in [-0.39, 0.29) is 5.69 Å². The second-order valence-corrected chi connectivity index (χ2v) is 3.43. The normalized spacial score (nSPS) is 11.6. The first-order valence-corrected chi connectivity index (χ1v) is 4.80. The highest BCUT2D eigenvalue weighted by atomic mass is 19.4. The van der Waals surface area contributed by atoms with Crippen molar-refractivity contribution in [2.75, 3.05) is 0 Å². The molecule has 0 unspecified atom stereocenters. The van der Waals surface area contributed by atoms with Crippen LogP contribution in [0.15, 0.2) is 41.5 Å². The summed E-state index contributed by atoms with van der Waals surface area (Å²) in [4.78, 5) is 14.6. The number of rotatable bonds is 1. The Balaban J connectivity index is 2.47. The average molecular weight is 258 g/mol. The van der Waals surface area contributed by atoms with Crippen molar-refractivity contribution in [1.29, 1.82) is 0 Å². The van der Waals surface area contributed by atoms with E-state index in [9.17, 15) is 22.4 Å². The summed E-state index contributed by atoms with van der Waals surface area (Å²) in [7, 11) is 0. The van der Waals surface area contributed by atoms with E-state index >= 15 is 0 Å². The van der Waals surface area contributed by atoms with E-state index in [4.69, 9.17) is 0 Å². The maximum Gasteiger partial charge on any atom is 0.433 e. The third kappa shape index (κ3) is 2.24. The summed E-state index contributed by atoms with van der Waals surface area (Å²) in [5.41, 5.74) is -1.96. The SMILES string of the molecule is O=c1c(F)cccn1-c1ccc(C(F)(F)F)nc1. The summed E-state index contributed by atoms with van der Waals surface area (Å²) < 4.78 is 50.7. The summed E-state index contributed by atoms with van der Waals surface area (Å²) in [6.07, 6.45) is -2.44. The van der Waals surface area contributed by atoms with Gasteiger partial charge in [-0.2, -0.15) is 13.2 Å². The van der Waals surface area contributed by atoms with E-state index in [0.29, 0.717) is 0 Å². The molecule has 2 aromatic heterocycles. The van der Waals surface area contributed by atoms with Crippen LogP contribution in [0.25, 0.3) is 5.69 Å². The van der Waals surface area contributed by atoms with Crippen molar-refractivity contribution >= 4 is 0 Å². The highest BCUT2D eigenvalue weighted by Gasteiger charge is 2.32. The van der Waals surface area contributed by atoms with Crippen molar-refractivity contribution in [1.82, 2.24) is 9.55 Å². The van der Waals surface area contributed by atoms with Crippen molar-refractivity contribution in [3.8, 4) is 5.69 Å². The average Bonchev–Trinajstić information content (AvgIpc) is 2.32. The van der Waals surface area contributed by atoms with Gasteiger partial charge in [0.1, 0.15) is 5.69 Å². The molecule has 0 atom stereocenters. The summed E-state index contributed by atoms with van der Waals surface area (Å²) in [5.74, 6) is -0.989. The first-order chi connectivity index (χ1) is 8.39. The molecule has 0 radical (unpaired) electrons. The highest BCUT2D eigenvalue weighted by Crippen LogP contribution is 2.27. The monoisotopic (exact) mass is 258 g/mol. The maximum atomic E-state index is 13.0. The van der Waals surface area contributed by atoms with Gasteiger partial charge in [0.2, 0.25) is 0 Å². The number of aromatic nitrogens is 2. The van der Waals surface area contributed by atoms with Crippen LogP contribution < -0.4 is 5.56 Å². The van der Waals surface area contributed by atoms with Crippen LogP contribution >= 0.6 is 0 Å². The number of pyridine rings is 2. The molecule has 0 aliphatic carbocycles. The summed E-state index contributed by atoms with van der Waals surface area (Å²) in [6, 6.07) is 4.02.